The predicted molar refractivity (Wildman–Crippen MR) is 212 cm³/mol. The molecular weight excluding hydrogens is 739 g/mol. The molecule has 4 N–H and O–H groups in total. The Morgan fingerprint density at radius 1 is 0.929 bits per heavy atom. The van der Waals surface area contributed by atoms with Gasteiger partial charge in [0.25, 0.3) is 0 Å². The number of hydrogen-bond acceptors (Lipinski definition) is 9. The highest BCUT2D eigenvalue weighted by Gasteiger charge is 2.42. The third-order valence-corrected chi connectivity index (χ3v) is 11.2. The number of likely N-dealkylation sites (tertiary alicyclic amines) is 1. The Balaban J connectivity index is 1.23. The van der Waals surface area contributed by atoms with E-state index in [1.165, 1.54) is 23.8 Å². The van der Waals surface area contributed by atoms with Gasteiger partial charge >= 0.3 is 12.2 Å². The normalized spacial score (nSPS) is 16.6. The van der Waals surface area contributed by atoms with Crippen LogP contribution in [0.4, 0.5) is 19.7 Å². The molecule has 5 rings (SSSR count). The van der Waals surface area contributed by atoms with Gasteiger partial charge in [-0.15, -0.1) is 0 Å². The van der Waals surface area contributed by atoms with Crippen LogP contribution >= 0.6 is 11.3 Å². The van der Waals surface area contributed by atoms with Crippen molar-refractivity contribution in [2.75, 3.05) is 37.8 Å². The molecule has 16 heteroatoms. The molecule has 1 aromatic heterocycles. The maximum atomic E-state index is 14.3. The van der Waals surface area contributed by atoms with Gasteiger partial charge in [0.15, 0.2) is 5.13 Å². The van der Waals surface area contributed by atoms with Gasteiger partial charge in [0.05, 0.1) is 0 Å². The summed E-state index contributed by atoms with van der Waals surface area (Å²) < 4.78 is 5.35. The summed E-state index contributed by atoms with van der Waals surface area (Å²) in [6, 6.07) is 15.8. The number of nitrogens with one attached hydrogen (secondary N) is 3. The molecule has 0 radical (unpaired) electrons. The Morgan fingerprint density at radius 3 is 2.29 bits per heavy atom. The van der Waals surface area contributed by atoms with Crippen molar-refractivity contribution in [2.24, 2.45) is 5.92 Å². The first-order valence-corrected chi connectivity index (χ1v) is 19.9. The quantitative estimate of drug-likeness (QED) is 0.148. The van der Waals surface area contributed by atoms with Crippen molar-refractivity contribution in [3.8, 4) is 11.3 Å². The molecular formula is C40H51N7O8S. The van der Waals surface area contributed by atoms with Crippen LogP contribution in [-0.4, -0.2) is 106 Å². The number of carbonyl (C=O) groups excluding carboxylic acids is 5. The zero-order valence-electron chi connectivity index (χ0n) is 32.1. The van der Waals surface area contributed by atoms with Crippen LogP contribution in [0.25, 0.3) is 11.3 Å². The van der Waals surface area contributed by atoms with Crippen LogP contribution in [0.3, 0.4) is 0 Å². The maximum Gasteiger partial charge on any atom is 0.409 e. The van der Waals surface area contributed by atoms with Gasteiger partial charge in [-0.3, -0.25) is 24.1 Å². The topological polar surface area (TPSA) is 191 Å². The van der Waals surface area contributed by atoms with Gasteiger partial charge in [-0.25, -0.2) is 14.6 Å². The molecule has 3 aromatic rings. The van der Waals surface area contributed by atoms with Crippen molar-refractivity contribution in [3.05, 3.63) is 66.2 Å². The molecule has 3 atom stereocenters. The van der Waals surface area contributed by atoms with Crippen molar-refractivity contribution >= 4 is 57.3 Å². The smallest absolute Gasteiger partial charge is 0.409 e. The maximum absolute atomic E-state index is 14.3. The highest BCUT2D eigenvalue weighted by atomic mass is 32.1. The summed E-state index contributed by atoms with van der Waals surface area (Å²) in [5, 5.41) is 18.8. The lowest BCUT2D eigenvalue weighted by Gasteiger charge is -2.35. The summed E-state index contributed by atoms with van der Waals surface area (Å²) in [5.41, 5.74) is 2.05. The van der Waals surface area contributed by atoms with Gasteiger partial charge in [-0.1, -0.05) is 91.3 Å². The Labute approximate surface area is 330 Å². The summed E-state index contributed by atoms with van der Waals surface area (Å²) >= 11 is 1.10. The van der Waals surface area contributed by atoms with Crippen molar-refractivity contribution in [1.29, 1.82) is 0 Å². The third-order valence-electron chi connectivity index (χ3n) is 10.4. The van der Waals surface area contributed by atoms with E-state index in [9.17, 15) is 33.9 Å². The fourth-order valence-corrected chi connectivity index (χ4v) is 7.88. The van der Waals surface area contributed by atoms with Gasteiger partial charge in [-0.2, -0.15) is 0 Å². The zero-order chi connectivity index (χ0) is 40.2. The zero-order valence-corrected chi connectivity index (χ0v) is 32.9. The van der Waals surface area contributed by atoms with E-state index in [0.29, 0.717) is 43.0 Å². The minimum absolute atomic E-state index is 0.113. The average molecular weight is 790 g/mol. The monoisotopic (exact) mass is 789 g/mol. The van der Waals surface area contributed by atoms with Crippen LogP contribution in [-0.2, 0) is 30.5 Å². The minimum atomic E-state index is -1.26. The van der Waals surface area contributed by atoms with E-state index in [1.54, 1.807) is 7.05 Å². The summed E-state index contributed by atoms with van der Waals surface area (Å²) in [5.74, 6) is -1.79. The first kappa shape index (κ1) is 41.6. The molecule has 2 aromatic carbocycles. The van der Waals surface area contributed by atoms with Gasteiger partial charge < -0.3 is 35.6 Å². The van der Waals surface area contributed by atoms with Crippen LogP contribution in [0.15, 0.2) is 60.7 Å². The van der Waals surface area contributed by atoms with Crippen LogP contribution < -0.4 is 16.0 Å². The fraction of sp³-hybridized carbons (Fsp3) is 0.475. The van der Waals surface area contributed by atoms with E-state index < -0.39 is 42.1 Å². The summed E-state index contributed by atoms with van der Waals surface area (Å²) in [6.45, 7) is 2.25. The predicted octanol–water partition coefficient (Wildman–Crippen LogP) is 5.79. The minimum Gasteiger partial charge on any atom is -0.465 e. The molecule has 0 spiro atoms. The highest BCUT2D eigenvalue weighted by Crippen LogP contribution is 2.37. The molecule has 56 heavy (non-hydrogen) atoms. The molecule has 0 bridgehead atoms. The lowest BCUT2D eigenvalue weighted by atomic mass is 9.83. The SMILES string of the molecule is C[C@@H](C(=O)N[C@H](C(=O)N1CCC[C@H]1C(=O)Nc1sc(NC(=O)CCCN(C)C(=O)OCc2ccccc2)nc1-c1ccccc1)C1CCCCC1)N(C)C(=O)O. The number of amides is 6. The van der Waals surface area contributed by atoms with E-state index in [4.69, 9.17) is 4.74 Å². The van der Waals surface area contributed by atoms with Crippen molar-refractivity contribution in [3.63, 3.8) is 0 Å². The molecule has 1 saturated heterocycles. The molecule has 1 aliphatic heterocycles. The molecule has 2 heterocycles. The van der Waals surface area contributed by atoms with Crippen LogP contribution in [0.5, 0.6) is 0 Å². The first-order valence-electron chi connectivity index (χ1n) is 19.1. The largest absolute Gasteiger partial charge is 0.465 e. The number of ether oxygens (including phenoxy) is 1. The van der Waals surface area contributed by atoms with Crippen molar-refractivity contribution < 1.29 is 38.6 Å². The van der Waals surface area contributed by atoms with E-state index in [-0.39, 0.29) is 35.9 Å². The van der Waals surface area contributed by atoms with Crippen LogP contribution in [0, 0.1) is 5.92 Å². The second-order valence-electron chi connectivity index (χ2n) is 14.3. The Morgan fingerprint density at radius 2 is 1.61 bits per heavy atom. The third kappa shape index (κ3) is 11.0. The number of benzene rings is 2. The Hall–Kier alpha value is -5.51. The lowest BCUT2D eigenvalue weighted by molar-refractivity contribution is -0.142. The van der Waals surface area contributed by atoms with Crippen LogP contribution in [0.2, 0.25) is 0 Å². The molecule has 15 nitrogen and oxygen atoms in total. The fourth-order valence-electron chi connectivity index (χ4n) is 6.97. The standard InChI is InChI=1S/C40H51N7O8S/c1-26(46(3)39(52)53)34(49)42-33(29-19-11-6-12-20-29)37(51)47-24-13-21-30(47)35(50)44-36-32(28-17-9-5-10-18-28)43-38(56-36)41-31(48)22-14-23-45(2)40(54)55-25-27-15-7-4-8-16-27/h4-5,7-10,15-18,26,29-30,33H,6,11-14,19-25H2,1-3H3,(H,42,49)(H,44,50)(H,52,53)(H,41,43,48)/t26-,30-,33-/m0/s1. The van der Waals surface area contributed by atoms with E-state index >= 15 is 0 Å². The Kier molecular flexibility index (Phi) is 14.8. The van der Waals surface area contributed by atoms with Gasteiger partial charge in [0.1, 0.15) is 35.4 Å². The summed E-state index contributed by atoms with van der Waals surface area (Å²) in [6.07, 6.45) is 4.07. The lowest BCUT2D eigenvalue weighted by Crippen LogP contribution is -2.58. The highest BCUT2D eigenvalue weighted by molar-refractivity contribution is 7.20. The van der Waals surface area contributed by atoms with Gasteiger partial charge in [0.2, 0.25) is 23.6 Å². The first-order chi connectivity index (χ1) is 26.9. The van der Waals surface area contributed by atoms with Crippen LogP contribution in [0.1, 0.15) is 70.3 Å². The van der Waals surface area contributed by atoms with E-state index in [1.807, 2.05) is 60.7 Å². The number of nitrogens with zero attached hydrogens (tertiary/aromatic N) is 4. The molecule has 300 valence electrons. The molecule has 1 aliphatic carbocycles. The Bertz CT molecular complexity index is 1840. The van der Waals surface area contributed by atoms with E-state index in [0.717, 1.165) is 59.5 Å². The molecule has 2 fully saturated rings. The number of carboxylic acid groups (broad SMARTS) is 1. The molecule has 2 aliphatic rings. The number of hydrogen-bond donors (Lipinski definition) is 4. The second-order valence-corrected chi connectivity index (χ2v) is 15.3. The molecule has 0 unspecified atom stereocenters. The number of carbonyl (C=O) groups is 6. The van der Waals surface area contributed by atoms with Gasteiger partial charge in [0, 0.05) is 39.2 Å². The van der Waals surface area contributed by atoms with Crippen molar-refractivity contribution in [2.45, 2.75) is 89.4 Å². The van der Waals surface area contributed by atoms with E-state index in [2.05, 4.69) is 20.9 Å². The number of thiazole rings is 1. The van der Waals surface area contributed by atoms with Gasteiger partial charge in [-0.05, 0) is 50.5 Å². The summed E-state index contributed by atoms with van der Waals surface area (Å²) in [4.78, 5) is 86.9. The molecule has 6 amide bonds. The molecule has 1 saturated carbocycles. The average Bonchev–Trinajstić information content (AvgIpc) is 3.86. The second kappa shape index (κ2) is 19.9. The summed E-state index contributed by atoms with van der Waals surface area (Å²) in [7, 11) is 2.92. The number of aromatic nitrogens is 1. The number of rotatable bonds is 15. The number of anilines is 2. The number of likely N-dealkylation sites (N-methyl/N-ethyl adjacent to an activating group) is 1. The van der Waals surface area contributed by atoms with Crippen molar-refractivity contribution in [1.82, 2.24) is 25.0 Å².